The molecular weight excluding hydrogens is 494 g/mol. The second-order valence-corrected chi connectivity index (χ2v) is 9.06. The lowest BCUT2D eigenvalue weighted by Crippen LogP contribution is -2.52. The minimum Gasteiger partial charge on any atom is -0.504 e. The monoisotopic (exact) mass is 531 g/mol. The molecule has 0 spiro atoms. The lowest BCUT2D eigenvalue weighted by molar-refractivity contribution is -0.125. The molecule has 0 aliphatic heterocycles. The fourth-order valence-corrected chi connectivity index (χ4v) is 3.81. The number of hydrogen-bond donors (Lipinski definition) is 8. The van der Waals surface area contributed by atoms with Crippen LogP contribution in [0.4, 0.5) is 0 Å². The molecule has 2 aromatic rings. The highest BCUT2D eigenvalue weighted by Gasteiger charge is 2.27. The summed E-state index contributed by atoms with van der Waals surface area (Å²) in [5, 5.41) is 56.3. The summed E-state index contributed by atoms with van der Waals surface area (Å²) in [6.45, 7) is 2.21. The second-order valence-electron chi connectivity index (χ2n) is 9.06. The number of nitrogens with one attached hydrogen (secondary N) is 3. The van der Waals surface area contributed by atoms with Gasteiger partial charge in [-0.25, -0.2) is 0 Å². The first-order chi connectivity index (χ1) is 18.1. The van der Waals surface area contributed by atoms with Crippen molar-refractivity contribution >= 4 is 17.7 Å². The molecule has 11 heteroatoms. The standard InChI is InChI=1S/C27H37N3O8/c1-17(31)22(30-26(37)19-12-10-14-21(33)24(19)35)27(38)29-16-8-6-4-2-3-5-7-15-28-25(36)18-11-9-13-20(32)23(18)34/h9-14,17,22,31-35H,2-8,15-16H2,1H3,(H,28,36)(H,29,38)(H,30,37)/t17-,22+/m1/s1. The number of para-hydroxylation sites is 2. The fraction of sp³-hybridized carbons (Fsp3) is 0.444. The van der Waals surface area contributed by atoms with Crippen molar-refractivity contribution < 1.29 is 39.9 Å². The Morgan fingerprint density at radius 2 is 1.13 bits per heavy atom. The van der Waals surface area contributed by atoms with Crippen LogP contribution < -0.4 is 16.0 Å². The van der Waals surface area contributed by atoms with Crippen molar-refractivity contribution in [2.45, 2.75) is 64.0 Å². The molecule has 0 aliphatic carbocycles. The highest BCUT2D eigenvalue weighted by molar-refractivity contribution is 6.00. The van der Waals surface area contributed by atoms with Crippen LogP contribution in [0.5, 0.6) is 23.0 Å². The van der Waals surface area contributed by atoms with Gasteiger partial charge in [-0.3, -0.25) is 14.4 Å². The van der Waals surface area contributed by atoms with Gasteiger partial charge in [0.2, 0.25) is 5.91 Å². The number of benzene rings is 2. The Morgan fingerprint density at radius 1 is 0.684 bits per heavy atom. The van der Waals surface area contributed by atoms with E-state index in [-0.39, 0.29) is 16.9 Å². The third kappa shape index (κ3) is 9.15. The number of hydrogen-bond acceptors (Lipinski definition) is 8. The summed E-state index contributed by atoms with van der Waals surface area (Å²) < 4.78 is 0. The quantitative estimate of drug-likeness (QED) is 0.127. The summed E-state index contributed by atoms with van der Waals surface area (Å²) in [5.41, 5.74) is -0.170. The number of aliphatic hydroxyl groups excluding tert-OH is 1. The van der Waals surface area contributed by atoms with Crippen LogP contribution in [0.3, 0.4) is 0 Å². The largest absolute Gasteiger partial charge is 0.504 e. The van der Waals surface area contributed by atoms with Gasteiger partial charge in [0, 0.05) is 13.1 Å². The number of phenols is 4. The van der Waals surface area contributed by atoms with Crippen LogP contribution in [0, 0.1) is 0 Å². The van der Waals surface area contributed by atoms with Crippen LogP contribution in [0.1, 0.15) is 72.6 Å². The highest BCUT2D eigenvalue weighted by Crippen LogP contribution is 2.28. The van der Waals surface area contributed by atoms with E-state index < -0.39 is 47.1 Å². The van der Waals surface area contributed by atoms with Crippen molar-refractivity contribution in [3.8, 4) is 23.0 Å². The van der Waals surface area contributed by atoms with Gasteiger partial charge < -0.3 is 41.5 Å². The van der Waals surface area contributed by atoms with Gasteiger partial charge in [-0.05, 0) is 44.0 Å². The summed E-state index contributed by atoms with van der Waals surface area (Å²) in [6.07, 6.45) is 5.09. The molecule has 2 atom stereocenters. The van der Waals surface area contributed by atoms with Crippen molar-refractivity contribution in [1.29, 1.82) is 0 Å². The highest BCUT2D eigenvalue weighted by atomic mass is 16.3. The number of amides is 3. The van der Waals surface area contributed by atoms with Crippen molar-refractivity contribution in [2.24, 2.45) is 0 Å². The number of carbonyl (C=O) groups is 3. The number of aliphatic hydroxyl groups is 1. The molecule has 2 rings (SSSR count). The Labute approximate surface area is 221 Å². The van der Waals surface area contributed by atoms with Crippen LogP contribution in [0.25, 0.3) is 0 Å². The van der Waals surface area contributed by atoms with Crippen molar-refractivity contribution in [3.05, 3.63) is 47.5 Å². The molecule has 8 N–H and O–H groups in total. The molecule has 38 heavy (non-hydrogen) atoms. The van der Waals surface area contributed by atoms with Crippen molar-refractivity contribution in [2.75, 3.05) is 13.1 Å². The fourth-order valence-electron chi connectivity index (χ4n) is 3.81. The third-order valence-electron chi connectivity index (χ3n) is 6.01. The normalized spacial score (nSPS) is 12.4. The van der Waals surface area contributed by atoms with Gasteiger partial charge in [-0.15, -0.1) is 0 Å². The summed E-state index contributed by atoms with van der Waals surface area (Å²) in [4.78, 5) is 36.9. The molecule has 0 aliphatic rings. The number of aromatic hydroxyl groups is 4. The predicted octanol–water partition coefficient (Wildman–Crippen LogP) is 2.27. The molecule has 2 aromatic carbocycles. The maximum Gasteiger partial charge on any atom is 0.255 e. The molecule has 0 saturated carbocycles. The molecule has 0 unspecified atom stereocenters. The molecule has 0 aromatic heterocycles. The minimum atomic E-state index is -1.22. The van der Waals surface area contributed by atoms with Gasteiger partial charge in [-0.2, -0.15) is 0 Å². The smallest absolute Gasteiger partial charge is 0.255 e. The molecule has 3 amide bonds. The topological polar surface area (TPSA) is 188 Å². The van der Waals surface area contributed by atoms with E-state index in [0.29, 0.717) is 13.1 Å². The van der Waals surface area contributed by atoms with Gasteiger partial charge in [0.05, 0.1) is 17.2 Å². The SMILES string of the molecule is C[C@@H](O)[C@H](NC(=O)c1cccc(O)c1O)C(=O)NCCCCCCCCCNC(=O)c1cccc(O)c1O. The summed E-state index contributed by atoms with van der Waals surface area (Å²) >= 11 is 0. The molecule has 0 bridgehead atoms. The third-order valence-corrected chi connectivity index (χ3v) is 6.01. The lowest BCUT2D eigenvalue weighted by atomic mass is 10.1. The first-order valence-corrected chi connectivity index (χ1v) is 12.7. The zero-order chi connectivity index (χ0) is 28.1. The molecule has 0 saturated heterocycles. The van der Waals surface area contributed by atoms with E-state index >= 15 is 0 Å². The van der Waals surface area contributed by atoms with E-state index in [1.54, 1.807) is 0 Å². The summed E-state index contributed by atoms with van der Waals surface area (Å²) in [7, 11) is 0. The minimum absolute atomic E-state index is 0.0371. The van der Waals surface area contributed by atoms with Crippen LogP contribution in [0.2, 0.25) is 0 Å². The first-order valence-electron chi connectivity index (χ1n) is 12.7. The average molecular weight is 532 g/mol. The first kappa shape index (κ1) is 30.2. The van der Waals surface area contributed by atoms with E-state index in [1.165, 1.54) is 43.3 Å². The Balaban J connectivity index is 1.57. The van der Waals surface area contributed by atoms with Gasteiger partial charge in [0.15, 0.2) is 23.0 Å². The second kappa shape index (κ2) is 15.3. The molecular formula is C27H37N3O8. The number of unbranched alkanes of at least 4 members (excludes halogenated alkanes) is 6. The van der Waals surface area contributed by atoms with Crippen molar-refractivity contribution in [3.63, 3.8) is 0 Å². The average Bonchev–Trinajstić information content (AvgIpc) is 2.88. The zero-order valence-corrected chi connectivity index (χ0v) is 21.4. The van der Waals surface area contributed by atoms with E-state index in [9.17, 15) is 39.9 Å². The Morgan fingerprint density at radius 3 is 1.63 bits per heavy atom. The van der Waals surface area contributed by atoms with Gasteiger partial charge >= 0.3 is 0 Å². The maximum absolute atomic E-state index is 12.5. The van der Waals surface area contributed by atoms with Gasteiger partial charge in [0.25, 0.3) is 11.8 Å². The molecule has 208 valence electrons. The molecule has 0 radical (unpaired) electrons. The maximum atomic E-state index is 12.5. The van der Waals surface area contributed by atoms with Crippen LogP contribution in [-0.2, 0) is 4.79 Å². The molecule has 0 fully saturated rings. The Hall–Kier alpha value is -3.99. The molecule has 0 heterocycles. The van der Waals surface area contributed by atoms with E-state index in [1.807, 2.05) is 0 Å². The number of rotatable bonds is 15. The van der Waals surface area contributed by atoms with Crippen LogP contribution in [-0.4, -0.2) is 68.5 Å². The molecule has 11 nitrogen and oxygen atoms in total. The van der Waals surface area contributed by atoms with E-state index in [0.717, 1.165) is 44.9 Å². The van der Waals surface area contributed by atoms with E-state index in [4.69, 9.17) is 0 Å². The van der Waals surface area contributed by atoms with Crippen LogP contribution >= 0.6 is 0 Å². The summed E-state index contributed by atoms with van der Waals surface area (Å²) in [5.74, 6) is -3.61. The lowest BCUT2D eigenvalue weighted by Gasteiger charge is -2.21. The Bertz CT molecular complexity index is 1090. The summed E-state index contributed by atoms with van der Waals surface area (Å²) in [6, 6.07) is 6.91. The van der Waals surface area contributed by atoms with Gasteiger partial charge in [0.1, 0.15) is 6.04 Å². The number of carbonyl (C=O) groups excluding carboxylic acids is 3. The van der Waals surface area contributed by atoms with Crippen molar-refractivity contribution in [1.82, 2.24) is 16.0 Å². The zero-order valence-electron chi connectivity index (χ0n) is 21.4. The Kier molecular flexibility index (Phi) is 12.2. The number of phenolic OH excluding ortho intramolecular Hbond substituents is 4. The van der Waals surface area contributed by atoms with E-state index in [2.05, 4.69) is 16.0 Å². The van der Waals surface area contributed by atoms with Gasteiger partial charge in [-0.1, -0.05) is 44.2 Å². The van der Waals surface area contributed by atoms with Crippen LogP contribution in [0.15, 0.2) is 36.4 Å². The predicted molar refractivity (Wildman–Crippen MR) is 140 cm³/mol.